The zero-order valence-corrected chi connectivity index (χ0v) is 11.6. The van der Waals surface area contributed by atoms with Crippen LogP contribution in [0.15, 0.2) is 0 Å². The molecule has 0 saturated carbocycles. The standard InChI is InChI=1S/C14H23N3/c1-7-10-17-12(3)13(11(2)16-17)8-9-15-14(4,5)6/h1,15H,8-10H2,2-6H3. The van der Waals surface area contributed by atoms with Crippen molar-refractivity contribution in [3.8, 4) is 12.3 Å². The van der Waals surface area contributed by atoms with Crippen LogP contribution >= 0.6 is 0 Å². The molecule has 0 fully saturated rings. The number of nitrogens with one attached hydrogen (secondary N) is 1. The zero-order chi connectivity index (χ0) is 13.1. The molecule has 0 amide bonds. The third-order valence-corrected chi connectivity index (χ3v) is 2.80. The molecular formula is C14H23N3. The van der Waals surface area contributed by atoms with Crippen molar-refractivity contribution in [1.29, 1.82) is 0 Å². The van der Waals surface area contributed by atoms with Crippen LogP contribution in [0.1, 0.15) is 37.7 Å². The van der Waals surface area contributed by atoms with Crippen molar-refractivity contribution in [1.82, 2.24) is 15.1 Å². The topological polar surface area (TPSA) is 29.9 Å². The Balaban J connectivity index is 2.69. The van der Waals surface area contributed by atoms with Gasteiger partial charge in [-0.15, -0.1) is 6.42 Å². The molecule has 1 rings (SSSR count). The van der Waals surface area contributed by atoms with Gasteiger partial charge in [0.15, 0.2) is 0 Å². The smallest absolute Gasteiger partial charge is 0.102 e. The maximum absolute atomic E-state index is 5.32. The summed E-state index contributed by atoms with van der Waals surface area (Å²) in [7, 11) is 0. The molecule has 0 spiro atoms. The first-order chi connectivity index (χ1) is 7.85. The Labute approximate surface area is 105 Å². The Morgan fingerprint density at radius 1 is 1.35 bits per heavy atom. The maximum Gasteiger partial charge on any atom is 0.102 e. The van der Waals surface area contributed by atoms with Crippen LogP contribution in [0.3, 0.4) is 0 Å². The Morgan fingerprint density at radius 2 is 2.00 bits per heavy atom. The lowest BCUT2D eigenvalue weighted by Gasteiger charge is -2.20. The van der Waals surface area contributed by atoms with Crippen LogP contribution in [0.4, 0.5) is 0 Å². The van der Waals surface area contributed by atoms with Gasteiger partial charge in [0.05, 0.1) is 5.69 Å². The van der Waals surface area contributed by atoms with Crippen LogP contribution in [0.2, 0.25) is 0 Å². The zero-order valence-electron chi connectivity index (χ0n) is 11.6. The first-order valence-corrected chi connectivity index (χ1v) is 6.06. The summed E-state index contributed by atoms with van der Waals surface area (Å²) in [5.74, 6) is 2.63. The van der Waals surface area contributed by atoms with Crippen molar-refractivity contribution in [2.24, 2.45) is 0 Å². The highest BCUT2D eigenvalue weighted by atomic mass is 15.3. The number of hydrogen-bond acceptors (Lipinski definition) is 2. The molecule has 94 valence electrons. The summed E-state index contributed by atoms with van der Waals surface area (Å²) in [4.78, 5) is 0. The molecule has 3 heteroatoms. The molecule has 1 heterocycles. The molecule has 0 saturated heterocycles. The monoisotopic (exact) mass is 233 g/mol. The average Bonchev–Trinajstić information content (AvgIpc) is 2.44. The number of aryl methyl sites for hydroxylation is 1. The fourth-order valence-corrected chi connectivity index (χ4v) is 1.90. The highest BCUT2D eigenvalue weighted by molar-refractivity contribution is 5.25. The van der Waals surface area contributed by atoms with Gasteiger partial charge in [0.25, 0.3) is 0 Å². The first kappa shape index (κ1) is 13.8. The molecule has 0 aromatic carbocycles. The van der Waals surface area contributed by atoms with E-state index in [1.807, 2.05) is 11.6 Å². The number of terminal acetylenes is 1. The van der Waals surface area contributed by atoms with Crippen molar-refractivity contribution in [2.45, 2.75) is 53.1 Å². The fourth-order valence-electron chi connectivity index (χ4n) is 1.90. The molecule has 3 nitrogen and oxygen atoms in total. The summed E-state index contributed by atoms with van der Waals surface area (Å²) in [6.07, 6.45) is 6.32. The van der Waals surface area contributed by atoms with Gasteiger partial charge in [0.1, 0.15) is 6.54 Å². The lowest BCUT2D eigenvalue weighted by molar-refractivity contribution is 0.429. The minimum atomic E-state index is 0.163. The van der Waals surface area contributed by atoms with E-state index in [-0.39, 0.29) is 5.54 Å². The second kappa shape index (κ2) is 5.37. The largest absolute Gasteiger partial charge is 0.312 e. The third-order valence-electron chi connectivity index (χ3n) is 2.80. The Bertz CT molecular complexity index is 416. The van der Waals surface area contributed by atoms with Crippen LogP contribution < -0.4 is 5.32 Å². The lowest BCUT2D eigenvalue weighted by atomic mass is 10.1. The van der Waals surface area contributed by atoms with Gasteiger partial charge in [0, 0.05) is 11.2 Å². The van der Waals surface area contributed by atoms with E-state index in [0.717, 1.165) is 18.7 Å². The molecule has 17 heavy (non-hydrogen) atoms. The van der Waals surface area contributed by atoms with Crippen molar-refractivity contribution >= 4 is 0 Å². The van der Waals surface area contributed by atoms with Crippen LogP contribution in [0.5, 0.6) is 0 Å². The van der Waals surface area contributed by atoms with E-state index >= 15 is 0 Å². The van der Waals surface area contributed by atoms with E-state index in [1.165, 1.54) is 11.3 Å². The maximum atomic E-state index is 5.32. The molecule has 0 aliphatic carbocycles. The minimum Gasteiger partial charge on any atom is -0.312 e. The van der Waals surface area contributed by atoms with Gasteiger partial charge < -0.3 is 5.32 Å². The number of nitrogens with zero attached hydrogens (tertiary/aromatic N) is 2. The number of rotatable bonds is 4. The number of hydrogen-bond donors (Lipinski definition) is 1. The van der Waals surface area contributed by atoms with Gasteiger partial charge in [-0.2, -0.15) is 5.10 Å². The quantitative estimate of drug-likeness (QED) is 0.807. The third kappa shape index (κ3) is 3.90. The van der Waals surface area contributed by atoms with Gasteiger partial charge >= 0.3 is 0 Å². The average molecular weight is 233 g/mol. The molecule has 1 aromatic rings. The number of aromatic nitrogens is 2. The van der Waals surface area contributed by atoms with Gasteiger partial charge in [0.2, 0.25) is 0 Å². The van der Waals surface area contributed by atoms with Crippen molar-refractivity contribution in [2.75, 3.05) is 6.54 Å². The molecule has 0 radical (unpaired) electrons. The molecule has 1 aromatic heterocycles. The molecule has 0 aliphatic heterocycles. The van der Waals surface area contributed by atoms with E-state index in [4.69, 9.17) is 6.42 Å². The van der Waals surface area contributed by atoms with E-state index in [9.17, 15) is 0 Å². The van der Waals surface area contributed by atoms with Crippen molar-refractivity contribution < 1.29 is 0 Å². The van der Waals surface area contributed by atoms with E-state index in [0.29, 0.717) is 6.54 Å². The Hall–Kier alpha value is -1.27. The summed E-state index contributed by atoms with van der Waals surface area (Å²) < 4.78 is 1.90. The second-order valence-corrected chi connectivity index (χ2v) is 5.44. The molecule has 0 bridgehead atoms. The SMILES string of the molecule is C#CCn1nc(C)c(CCNC(C)(C)C)c1C. The molecular weight excluding hydrogens is 210 g/mol. The summed E-state index contributed by atoms with van der Waals surface area (Å²) in [5.41, 5.74) is 3.76. The van der Waals surface area contributed by atoms with Gasteiger partial charge in [-0.3, -0.25) is 4.68 Å². The Kier molecular flexibility index (Phi) is 4.36. The summed E-state index contributed by atoms with van der Waals surface area (Å²) in [6.45, 7) is 12.2. The Morgan fingerprint density at radius 3 is 2.53 bits per heavy atom. The van der Waals surface area contributed by atoms with Crippen molar-refractivity contribution in [3.05, 3.63) is 17.0 Å². The van der Waals surface area contributed by atoms with Crippen LogP contribution in [-0.4, -0.2) is 21.9 Å². The van der Waals surface area contributed by atoms with Gasteiger partial charge in [-0.25, -0.2) is 0 Å². The molecule has 0 unspecified atom stereocenters. The molecule has 0 aliphatic rings. The van der Waals surface area contributed by atoms with Gasteiger partial charge in [-0.1, -0.05) is 5.92 Å². The predicted molar refractivity (Wildman–Crippen MR) is 72.0 cm³/mol. The fraction of sp³-hybridized carbons (Fsp3) is 0.643. The van der Waals surface area contributed by atoms with E-state index < -0.39 is 0 Å². The summed E-state index contributed by atoms with van der Waals surface area (Å²) in [6, 6.07) is 0. The normalized spacial score (nSPS) is 11.5. The predicted octanol–water partition coefficient (Wildman–Crippen LogP) is 2.06. The highest BCUT2D eigenvalue weighted by Crippen LogP contribution is 2.13. The lowest BCUT2D eigenvalue weighted by Crippen LogP contribution is -2.37. The molecule has 1 N–H and O–H groups in total. The van der Waals surface area contributed by atoms with E-state index in [2.05, 4.69) is 44.0 Å². The van der Waals surface area contributed by atoms with Crippen LogP contribution in [0.25, 0.3) is 0 Å². The highest BCUT2D eigenvalue weighted by Gasteiger charge is 2.12. The minimum absolute atomic E-state index is 0.163. The van der Waals surface area contributed by atoms with E-state index in [1.54, 1.807) is 0 Å². The summed E-state index contributed by atoms with van der Waals surface area (Å²) in [5, 5.41) is 7.95. The van der Waals surface area contributed by atoms with Crippen molar-refractivity contribution in [3.63, 3.8) is 0 Å². The first-order valence-electron chi connectivity index (χ1n) is 6.06. The van der Waals surface area contributed by atoms with Crippen LogP contribution in [0, 0.1) is 26.2 Å². The van der Waals surface area contributed by atoms with Crippen LogP contribution in [-0.2, 0) is 13.0 Å². The summed E-state index contributed by atoms with van der Waals surface area (Å²) >= 11 is 0. The van der Waals surface area contributed by atoms with Gasteiger partial charge in [-0.05, 0) is 53.1 Å². The second-order valence-electron chi connectivity index (χ2n) is 5.44. The molecule has 0 atom stereocenters.